The lowest BCUT2D eigenvalue weighted by atomic mass is 9.96. The fourth-order valence-electron chi connectivity index (χ4n) is 2.26. The van der Waals surface area contributed by atoms with Gasteiger partial charge in [0.15, 0.2) is 0 Å². The maximum Gasteiger partial charge on any atom is 0.147 e. The van der Waals surface area contributed by atoms with E-state index in [1.54, 1.807) is 6.20 Å². The first kappa shape index (κ1) is 14.4. The van der Waals surface area contributed by atoms with E-state index in [2.05, 4.69) is 32.1 Å². The molecular formula is C12H17BrClN3S. The number of piperidine rings is 1. The second-order valence-electron chi connectivity index (χ2n) is 4.54. The normalized spacial score (nSPS) is 19.0. The SMILES string of the molecule is CSC1(CN)CCN(c2ncc(Br)cc2Cl)CC1. The van der Waals surface area contributed by atoms with Crippen molar-refractivity contribution in [3.05, 3.63) is 21.8 Å². The van der Waals surface area contributed by atoms with Crippen molar-refractivity contribution in [2.24, 2.45) is 5.73 Å². The van der Waals surface area contributed by atoms with Crippen LogP contribution in [0.15, 0.2) is 16.7 Å². The van der Waals surface area contributed by atoms with Crippen molar-refractivity contribution in [2.75, 3.05) is 30.8 Å². The lowest BCUT2D eigenvalue weighted by Crippen LogP contribution is -2.46. The van der Waals surface area contributed by atoms with Gasteiger partial charge in [-0.25, -0.2) is 4.98 Å². The molecule has 0 radical (unpaired) electrons. The topological polar surface area (TPSA) is 42.1 Å². The van der Waals surface area contributed by atoms with Crippen molar-refractivity contribution in [1.82, 2.24) is 4.98 Å². The molecule has 0 aliphatic carbocycles. The minimum Gasteiger partial charge on any atom is -0.355 e. The molecule has 2 N–H and O–H groups in total. The van der Waals surface area contributed by atoms with Crippen molar-refractivity contribution in [3.63, 3.8) is 0 Å². The Hall–Kier alpha value is 0.0300. The van der Waals surface area contributed by atoms with E-state index in [-0.39, 0.29) is 4.75 Å². The molecule has 0 saturated carbocycles. The van der Waals surface area contributed by atoms with E-state index >= 15 is 0 Å². The molecule has 6 heteroatoms. The van der Waals surface area contributed by atoms with Crippen molar-refractivity contribution in [2.45, 2.75) is 17.6 Å². The zero-order chi connectivity index (χ0) is 13.2. The minimum atomic E-state index is 0.234. The molecule has 0 spiro atoms. The summed E-state index contributed by atoms with van der Waals surface area (Å²) in [5.74, 6) is 0.881. The Morgan fingerprint density at radius 1 is 1.56 bits per heavy atom. The number of hydrogen-bond acceptors (Lipinski definition) is 4. The summed E-state index contributed by atoms with van der Waals surface area (Å²) in [7, 11) is 0. The average molecular weight is 351 g/mol. The van der Waals surface area contributed by atoms with Gasteiger partial charge in [0.25, 0.3) is 0 Å². The van der Waals surface area contributed by atoms with Crippen LogP contribution in [0.3, 0.4) is 0 Å². The van der Waals surface area contributed by atoms with Crippen molar-refractivity contribution >= 4 is 45.1 Å². The molecule has 0 atom stereocenters. The molecular weight excluding hydrogens is 334 g/mol. The predicted molar refractivity (Wildman–Crippen MR) is 83.7 cm³/mol. The number of anilines is 1. The molecule has 2 rings (SSSR count). The number of aromatic nitrogens is 1. The van der Waals surface area contributed by atoms with Gasteiger partial charge >= 0.3 is 0 Å². The van der Waals surface area contributed by atoms with Crippen LogP contribution in [0.5, 0.6) is 0 Å². The molecule has 1 aromatic rings. The summed E-state index contributed by atoms with van der Waals surface area (Å²) in [5, 5.41) is 0.703. The first-order valence-corrected chi connectivity index (χ1v) is 8.31. The number of pyridine rings is 1. The summed E-state index contributed by atoms with van der Waals surface area (Å²) in [4.78, 5) is 6.66. The van der Waals surface area contributed by atoms with Crippen LogP contribution in [-0.4, -0.2) is 35.6 Å². The van der Waals surface area contributed by atoms with Gasteiger partial charge in [0.2, 0.25) is 0 Å². The molecule has 1 saturated heterocycles. The summed E-state index contributed by atoms with van der Waals surface area (Å²) < 4.78 is 1.15. The Labute approximate surface area is 126 Å². The zero-order valence-electron chi connectivity index (χ0n) is 10.3. The van der Waals surface area contributed by atoms with Gasteiger partial charge in [0.1, 0.15) is 5.82 Å². The van der Waals surface area contributed by atoms with Gasteiger partial charge < -0.3 is 10.6 Å². The molecule has 100 valence electrons. The van der Waals surface area contributed by atoms with E-state index in [0.29, 0.717) is 5.02 Å². The third-order valence-electron chi connectivity index (χ3n) is 3.57. The largest absolute Gasteiger partial charge is 0.355 e. The number of rotatable bonds is 3. The predicted octanol–water partition coefficient (Wildman–Crippen LogP) is 3.16. The van der Waals surface area contributed by atoms with Crippen molar-refractivity contribution in [1.29, 1.82) is 0 Å². The third-order valence-corrected chi connectivity index (χ3v) is 5.72. The first-order valence-electron chi connectivity index (χ1n) is 5.91. The van der Waals surface area contributed by atoms with Gasteiger partial charge in [-0.3, -0.25) is 0 Å². The van der Waals surface area contributed by atoms with E-state index in [0.717, 1.165) is 42.8 Å². The Balaban J connectivity index is 2.10. The van der Waals surface area contributed by atoms with Crippen molar-refractivity contribution in [3.8, 4) is 0 Å². The van der Waals surface area contributed by atoms with Crippen molar-refractivity contribution < 1.29 is 0 Å². The van der Waals surface area contributed by atoms with Gasteiger partial charge in [-0.15, -0.1) is 0 Å². The van der Waals surface area contributed by atoms with E-state index in [1.807, 2.05) is 17.8 Å². The van der Waals surface area contributed by atoms with E-state index in [9.17, 15) is 0 Å². The van der Waals surface area contributed by atoms with E-state index < -0.39 is 0 Å². The lowest BCUT2D eigenvalue weighted by Gasteiger charge is -2.40. The summed E-state index contributed by atoms with van der Waals surface area (Å²) in [5.41, 5.74) is 5.90. The van der Waals surface area contributed by atoms with Crippen LogP contribution < -0.4 is 10.6 Å². The summed E-state index contributed by atoms with van der Waals surface area (Å²) in [6, 6.07) is 1.89. The van der Waals surface area contributed by atoms with Gasteiger partial charge in [-0.1, -0.05) is 11.6 Å². The van der Waals surface area contributed by atoms with Gasteiger partial charge in [0, 0.05) is 35.1 Å². The van der Waals surface area contributed by atoms with Crippen LogP contribution in [0.4, 0.5) is 5.82 Å². The fourth-order valence-corrected chi connectivity index (χ4v) is 3.76. The highest BCUT2D eigenvalue weighted by Gasteiger charge is 2.33. The summed E-state index contributed by atoms with van der Waals surface area (Å²) in [6.07, 6.45) is 6.10. The highest BCUT2D eigenvalue weighted by atomic mass is 79.9. The molecule has 0 aromatic carbocycles. The van der Waals surface area contributed by atoms with E-state index in [1.165, 1.54) is 0 Å². The van der Waals surface area contributed by atoms with Crippen LogP contribution in [-0.2, 0) is 0 Å². The second kappa shape index (κ2) is 5.99. The molecule has 2 heterocycles. The van der Waals surface area contributed by atoms with Gasteiger partial charge in [0.05, 0.1) is 5.02 Å². The number of halogens is 2. The second-order valence-corrected chi connectivity index (χ2v) is 7.13. The molecule has 1 aliphatic heterocycles. The maximum atomic E-state index is 6.24. The van der Waals surface area contributed by atoms with Gasteiger partial charge in [-0.05, 0) is 41.1 Å². The molecule has 18 heavy (non-hydrogen) atoms. The number of thioether (sulfide) groups is 1. The Kier molecular flexibility index (Phi) is 4.80. The number of hydrogen-bond donors (Lipinski definition) is 1. The summed E-state index contributed by atoms with van der Waals surface area (Å²) >= 11 is 11.5. The summed E-state index contributed by atoms with van der Waals surface area (Å²) in [6.45, 7) is 2.67. The molecule has 0 bridgehead atoms. The Morgan fingerprint density at radius 2 is 2.22 bits per heavy atom. The standard InChI is InChI=1S/C12H17BrClN3S/c1-18-12(8-15)2-4-17(5-3-12)11-10(14)6-9(13)7-16-11/h6-7H,2-5,8,15H2,1H3. The lowest BCUT2D eigenvalue weighted by molar-refractivity contribution is 0.455. The third kappa shape index (κ3) is 2.95. The minimum absolute atomic E-state index is 0.234. The average Bonchev–Trinajstić information content (AvgIpc) is 2.39. The van der Waals surface area contributed by atoms with E-state index in [4.69, 9.17) is 17.3 Å². The first-order chi connectivity index (χ1) is 8.60. The Bertz CT molecular complexity index is 416. The maximum absolute atomic E-state index is 6.24. The zero-order valence-corrected chi connectivity index (χ0v) is 13.5. The monoisotopic (exact) mass is 349 g/mol. The van der Waals surface area contributed by atoms with Crippen LogP contribution >= 0.6 is 39.3 Å². The molecule has 1 aliphatic rings. The molecule has 0 unspecified atom stereocenters. The molecule has 3 nitrogen and oxygen atoms in total. The fraction of sp³-hybridized carbons (Fsp3) is 0.583. The number of nitrogens with zero attached hydrogens (tertiary/aromatic N) is 2. The van der Waals surface area contributed by atoms with Crippen LogP contribution in [0.1, 0.15) is 12.8 Å². The highest BCUT2D eigenvalue weighted by Crippen LogP contribution is 2.36. The smallest absolute Gasteiger partial charge is 0.147 e. The quantitative estimate of drug-likeness (QED) is 0.909. The van der Waals surface area contributed by atoms with Crippen LogP contribution in [0, 0.1) is 0 Å². The highest BCUT2D eigenvalue weighted by molar-refractivity contribution is 9.10. The van der Waals surface area contributed by atoms with Crippen LogP contribution in [0.2, 0.25) is 5.02 Å². The molecule has 0 amide bonds. The Morgan fingerprint density at radius 3 is 2.72 bits per heavy atom. The number of nitrogens with two attached hydrogens (primary N) is 1. The van der Waals surface area contributed by atoms with Gasteiger partial charge in [-0.2, -0.15) is 11.8 Å². The molecule has 1 fully saturated rings. The van der Waals surface area contributed by atoms with Crippen LogP contribution in [0.25, 0.3) is 0 Å². The molecule has 1 aromatic heterocycles.